The molecule has 0 unspecified atom stereocenters. The van der Waals surface area contributed by atoms with Crippen LogP contribution in [0.3, 0.4) is 0 Å². The molecule has 1 saturated carbocycles. The summed E-state index contributed by atoms with van der Waals surface area (Å²) in [6, 6.07) is 12.1. The second-order valence-corrected chi connectivity index (χ2v) is 6.54. The number of nitrogens with zero attached hydrogens (tertiary/aromatic N) is 3. The van der Waals surface area contributed by atoms with Crippen LogP contribution in [0.25, 0.3) is 11.4 Å². The van der Waals surface area contributed by atoms with Crippen molar-refractivity contribution in [1.82, 2.24) is 14.9 Å². The maximum Gasteiger partial charge on any atom is 0.272 e. The summed E-state index contributed by atoms with van der Waals surface area (Å²) in [5.41, 5.74) is 1.40. The molecule has 132 valence electrons. The molecule has 1 aliphatic rings. The van der Waals surface area contributed by atoms with E-state index in [1.807, 2.05) is 35.2 Å². The maximum atomic E-state index is 13.0. The smallest absolute Gasteiger partial charge is 0.272 e. The summed E-state index contributed by atoms with van der Waals surface area (Å²) in [7, 11) is 0. The van der Waals surface area contributed by atoms with E-state index < -0.39 is 0 Å². The standard InChI is InChI=1S/C20H26N4O/c1-3-12-24(13-4-2)20(25)17-14-18(21-16-10-11-16)23-19(22-17)15-8-6-5-7-9-15/h5-9,14,16H,3-4,10-13H2,1-2H3,(H,21,22,23). The maximum absolute atomic E-state index is 13.0. The zero-order valence-electron chi connectivity index (χ0n) is 15.0. The van der Waals surface area contributed by atoms with E-state index in [-0.39, 0.29) is 5.91 Å². The summed E-state index contributed by atoms with van der Waals surface area (Å²) in [6.07, 6.45) is 4.20. The number of anilines is 1. The summed E-state index contributed by atoms with van der Waals surface area (Å²) >= 11 is 0. The quantitative estimate of drug-likeness (QED) is 0.791. The van der Waals surface area contributed by atoms with Gasteiger partial charge in [0.15, 0.2) is 5.82 Å². The van der Waals surface area contributed by atoms with Crippen molar-refractivity contribution in [3.8, 4) is 11.4 Å². The van der Waals surface area contributed by atoms with Crippen molar-refractivity contribution in [2.24, 2.45) is 0 Å². The lowest BCUT2D eigenvalue weighted by atomic mass is 10.2. The molecule has 1 aromatic heterocycles. The topological polar surface area (TPSA) is 58.1 Å². The van der Waals surface area contributed by atoms with E-state index in [0.717, 1.165) is 50.2 Å². The molecule has 3 rings (SSSR count). The average molecular weight is 338 g/mol. The van der Waals surface area contributed by atoms with Crippen molar-refractivity contribution < 1.29 is 4.79 Å². The fourth-order valence-corrected chi connectivity index (χ4v) is 2.80. The van der Waals surface area contributed by atoms with E-state index in [2.05, 4.69) is 29.1 Å². The van der Waals surface area contributed by atoms with Gasteiger partial charge < -0.3 is 10.2 Å². The van der Waals surface area contributed by atoms with E-state index >= 15 is 0 Å². The van der Waals surface area contributed by atoms with Crippen LogP contribution < -0.4 is 5.32 Å². The van der Waals surface area contributed by atoms with Crippen LogP contribution in [-0.4, -0.2) is 39.9 Å². The lowest BCUT2D eigenvalue weighted by Gasteiger charge is -2.21. The van der Waals surface area contributed by atoms with Crippen molar-refractivity contribution in [3.05, 3.63) is 42.1 Å². The average Bonchev–Trinajstić information content (AvgIpc) is 3.45. The molecule has 0 spiro atoms. The Balaban J connectivity index is 1.94. The Morgan fingerprint density at radius 3 is 2.40 bits per heavy atom. The van der Waals surface area contributed by atoms with Gasteiger partial charge in [0.05, 0.1) is 0 Å². The van der Waals surface area contributed by atoms with E-state index in [1.165, 1.54) is 0 Å². The van der Waals surface area contributed by atoms with E-state index in [4.69, 9.17) is 0 Å². The van der Waals surface area contributed by atoms with Crippen molar-refractivity contribution in [1.29, 1.82) is 0 Å². The molecule has 0 bridgehead atoms. The van der Waals surface area contributed by atoms with Gasteiger partial charge in [-0.05, 0) is 25.7 Å². The molecule has 5 heteroatoms. The van der Waals surface area contributed by atoms with Crippen LogP contribution >= 0.6 is 0 Å². The molecule has 1 amide bonds. The van der Waals surface area contributed by atoms with Gasteiger partial charge in [-0.2, -0.15) is 0 Å². The van der Waals surface area contributed by atoms with Crippen LogP contribution in [0, 0.1) is 0 Å². The van der Waals surface area contributed by atoms with Crippen LogP contribution in [0.4, 0.5) is 5.82 Å². The van der Waals surface area contributed by atoms with Crippen LogP contribution in [0.2, 0.25) is 0 Å². The number of carbonyl (C=O) groups excluding carboxylic acids is 1. The Labute approximate surface area is 149 Å². The molecular weight excluding hydrogens is 312 g/mol. The molecule has 0 saturated heterocycles. The highest BCUT2D eigenvalue weighted by atomic mass is 16.2. The normalized spacial score (nSPS) is 13.5. The lowest BCUT2D eigenvalue weighted by molar-refractivity contribution is 0.0749. The van der Waals surface area contributed by atoms with E-state index in [0.29, 0.717) is 17.6 Å². The predicted molar refractivity (Wildman–Crippen MR) is 101 cm³/mol. The zero-order chi connectivity index (χ0) is 17.6. The van der Waals surface area contributed by atoms with Gasteiger partial charge in [-0.25, -0.2) is 9.97 Å². The van der Waals surface area contributed by atoms with Gasteiger partial charge in [0.1, 0.15) is 11.5 Å². The molecule has 1 fully saturated rings. The Hall–Kier alpha value is -2.43. The van der Waals surface area contributed by atoms with Crippen LogP contribution in [-0.2, 0) is 0 Å². The largest absolute Gasteiger partial charge is 0.367 e. The van der Waals surface area contributed by atoms with Crippen LogP contribution in [0.1, 0.15) is 50.0 Å². The Kier molecular flexibility index (Phi) is 5.64. The van der Waals surface area contributed by atoms with Crippen molar-refractivity contribution in [2.45, 2.75) is 45.6 Å². The number of hydrogen-bond acceptors (Lipinski definition) is 4. The highest BCUT2D eigenvalue weighted by molar-refractivity contribution is 5.93. The number of benzene rings is 1. The summed E-state index contributed by atoms with van der Waals surface area (Å²) in [5.74, 6) is 1.33. The third kappa shape index (κ3) is 4.56. The van der Waals surface area contributed by atoms with Gasteiger partial charge in [-0.1, -0.05) is 44.2 Å². The minimum absolute atomic E-state index is 0.0119. The van der Waals surface area contributed by atoms with Crippen molar-refractivity contribution in [3.63, 3.8) is 0 Å². The Morgan fingerprint density at radius 2 is 1.80 bits per heavy atom. The lowest BCUT2D eigenvalue weighted by Crippen LogP contribution is -2.33. The minimum atomic E-state index is -0.0119. The predicted octanol–water partition coefficient (Wildman–Crippen LogP) is 3.98. The van der Waals surface area contributed by atoms with Crippen LogP contribution in [0.5, 0.6) is 0 Å². The summed E-state index contributed by atoms with van der Waals surface area (Å²) in [6.45, 7) is 5.68. The Morgan fingerprint density at radius 1 is 1.12 bits per heavy atom. The summed E-state index contributed by atoms with van der Waals surface area (Å²) in [5, 5.41) is 3.40. The fraction of sp³-hybridized carbons (Fsp3) is 0.450. The molecule has 1 N–H and O–H groups in total. The molecule has 1 heterocycles. The number of carbonyl (C=O) groups is 1. The monoisotopic (exact) mass is 338 g/mol. The molecule has 0 aliphatic heterocycles. The van der Waals surface area contributed by atoms with Gasteiger partial charge in [-0.15, -0.1) is 0 Å². The second kappa shape index (κ2) is 8.10. The van der Waals surface area contributed by atoms with Gasteiger partial charge in [0.2, 0.25) is 0 Å². The van der Waals surface area contributed by atoms with Crippen LogP contribution in [0.15, 0.2) is 36.4 Å². The fourth-order valence-electron chi connectivity index (χ4n) is 2.80. The first-order valence-electron chi connectivity index (χ1n) is 9.21. The van der Waals surface area contributed by atoms with E-state index in [9.17, 15) is 4.79 Å². The zero-order valence-corrected chi connectivity index (χ0v) is 15.0. The molecule has 1 aliphatic carbocycles. The van der Waals surface area contributed by atoms with E-state index in [1.54, 1.807) is 6.07 Å². The molecular formula is C20H26N4O. The van der Waals surface area contributed by atoms with Gasteiger partial charge in [0, 0.05) is 30.8 Å². The van der Waals surface area contributed by atoms with Crippen molar-refractivity contribution >= 4 is 11.7 Å². The van der Waals surface area contributed by atoms with Gasteiger partial charge in [-0.3, -0.25) is 4.79 Å². The molecule has 1 aromatic carbocycles. The van der Waals surface area contributed by atoms with Gasteiger partial charge >= 0.3 is 0 Å². The number of rotatable bonds is 8. The SMILES string of the molecule is CCCN(CCC)C(=O)c1cc(NC2CC2)nc(-c2ccccc2)n1. The third-order valence-corrected chi connectivity index (χ3v) is 4.18. The molecule has 0 atom stereocenters. The first-order valence-corrected chi connectivity index (χ1v) is 9.21. The summed E-state index contributed by atoms with van der Waals surface area (Å²) < 4.78 is 0. The first-order chi connectivity index (χ1) is 12.2. The highest BCUT2D eigenvalue weighted by Crippen LogP contribution is 2.26. The molecule has 2 aromatic rings. The number of nitrogens with one attached hydrogen (secondary N) is 1. The van der Waals surface area contributed by atoms with Crippen molar-refractivity contribution in [2.75, 3.05) is 18.4 Å². The second-order valence-electron chi connectivity index (χ2n) is 6.54. The Bertz CT molecular complexity index is 707. The van der Waals surface area contributed by atoms with Gasteiger partial charge in [0.25, 0.3) is 5.91 Å². The molecule has 0 radical (unpaired) electrons. The third-order valence-electron chi connectivity index (χ3n) is 4.18. The molecule has 25 heavy (non-hydrogen) atoms. The minimum Gasteiger partial charge on any atom is -0.367 e. The number of amides is 1. The first kappa shape index (κ1) is 17.4. The molecule has 5 nitrogen and oxygen atoms in total. The number of hydrogen-bond donors (Lipinski definition) is 1. The highest BCUT2D eigenvalue weighted by Gasteiger charge is 2.24. The summed E-state index contributed by atoms with van der Waals surface area (Å²) in [4.78, 5) is 24.1. The number of aromatic nitrogens is 2.